The Bertz CT molecular complexity index is 3100. The van der Waals surface area contributed by atoms with Crippen molar-refractivity contribution in [3.8, 4) is 11.5 Å². The molecule has 5 heterocycles. The Hall–Kier alpha value is -7.35. The van der Waals surface area contributed by atoms with Gasteiger partial charge in [-0.05, 0) is 38.8 Å². The largest absolute Gasteiger partial charge is 0.507 e. The van der Waals surface area contributed by atoms with E-state index in [1.165, 1.54) is 66.2 Å². The van der Waals surface area contributed by atoms with Crippen LogP contribution in [0.5, 0.6) is 11.5 Å². The van der Waals surface area contributed by atoms with Gasteiger partial charge in [-0.2, -0.15) is 0 Å². The topological polar surface area (TPSA) is 360 Å². The smallest absolute Gasteiger partial charge is 0.330 e. The number of aryl methyl sites for hydroxylation is 1. The molecular formula is C54H66N6O19S. The Kier molecular flexibility index (Phi) is 20.3. The van der Waals surface area contributed by atoms with Crippen LogP contribution in [0.2, 0.25) is 0 Å². The van der Waals surface area contributed by atoms with Gasteiger partial charge in [-0.3, -0.25) is 47.9 Å². The number of ketones is 3. The minimum absolute atomic E-state index is 0.0237. The Morgan fingerprint density at radius 2 is 1.62 bits per heavy atom. The molecule has 5 bridgehead atoms. The molecule has 26 heteroatoms. The van der Waals surface area contributed by atoms with E-state index in [0.717, 1.165) is 10.8 Å². The number of thioether (sulfide) groups is 1. The number of esters is 3. The molecule has 5 aliphatic rings. The molecule has 0 saturated carbocycles. The average Bonchev–Trinajstić information content (AvgIpc) is 4.16. The maximum absolute atomic E-state index is 14.8. The van der Waals surface area contributed by atoms with Crippen molar-refractivity contribution in [2.45, 2.75) is 137 Å². The van der Waals surface area contributed by atoms with E-state index < -0.39 is 147 Å². The van der Waals surface area contributed by atoms with E-state index in [1.54, 1.807) is 33.8 Å². The maximum Gasteiger partial charge on any atom is 0.330 e. The predicted molar refractivity (Wildman–Crippen MR) is 284 cm³/mol. The number of nitrogens with one attached hydrogen (secondary N) is 2. The fourth-order valence-corrected chi connectivity index (χ4v) is 10.7. The highest BCUT2D eigenvalue weighted by atomic mass is 32.2. The van der Waals surface area contributed by atoms with Crippen LogP contribution in [-0.4, -0.2) is 134 Å². The van der Waals surface area contributed by atoms with Crippen molar-refractivity contribution in [1.29, 1.82) is 0 Å². The molecule has 1 aromatic carbocycles. The number of aromatic nitrogens is 2. The van der Waals surface area contributed by atoms with Gasteiger partial charge in [0.25, 0.3) is 17.2 Å². The minimum atomic E-state index is -2.20. The second kappa shape index (κ2) is 26.3. The summed E-state index contributed by atoms with van der Waals surface area (Å²) in [5.74, 6) is -12.0. The zero-order valence-corrected chi connectivity index (χ0v) is 46.7. The van der Waals surface area contributed by atoms with Gasteiger partial charge in [0.1, 0.15) is 48.8 Å². The number of nitrogens with zero attached hydrogens (tertiary/aromatic N) is 4. The van der Waals surface area contributed by atoms with Crippen molar-refractivity contribution in [3.63, 3.8) is 0 Å². The zero-order valence-electron chi connectivity index (χ0n) is 45.8. The number of phenolic OH excluding ortho intramolecular Hbond substituents is 1. The summed E-state index contributed by atoms with van der Waals surface area (Å²) >= 11 is 0.710. The molecule has 5 N–H and O–H groups in total. The fraction of sp³-hybridized carbons (Fsp3) is 0.537. The Labute approximate surface area is 463 Å². The molecular weight excluding hydrogens is 1070 g/mol. The monoisotopic (exact) mass is 1130 g/mol. The number of aromatic hydroxyl groups is 1. The molecule has 0 spiro atoms. The number of hydrogen-bond donors (Lipinski definition) is 5. The van der Waals surface area contributed by atoms with Gasteiger partial charge in [-0.1, -0.05) is 51.0 Å². The molecule has 1 fully saturated rings. The van der Waals surface area contributed by atoms with Gasteiger partial charge in [0, 0.05) is 97.5 Å². The van der Waals surface area contributed by atoms with E-state index >= 15 is 0 Å². The molecule has 432 valence electrons. The number of aromatic amines is 1. The van der Waals surface area contributed by atoms with Crippen molar-refractivity contribution in [2.24, 2.45) is 28.8 Å². The van der Waals surface area contributed by atoms with Crippen molar-refractivity contribution in [2.75, 3.05) is 26.1 Å². The number of aliphatic hydroxyl groups excluding tert-OH is 2. The first-order valence-corrected chi connectivity index (χ1v) is 26.7. The molecule has 1 saturated heterocycles. The number of ether oxygens (including phenoxy) is 7. The summed E-state index contributed by atoms with van der Waals surface area (Å²) < 4.78 is 41.2. The molecule has 4 aliphatic heterocycles. The number of allylic oxidation sites excluding steroid dienone is 4. The highest BCUT2D eigenvalue weighted by Crippen LogP contribution is 2.49. The lowest BCUT2D eigenvalue weighted by molar-refractivity contribution is -0.160. The van der Waals surface area contributed by atoms with Crippen molar-refractivity contribution >= 4 is 52.9 Å². The molecule has 0 unspecified atom stereocenters. The van der Waals surface area contributed by atoms with E-state index in [2.05, 4.69) is 20.3 Å². The summed E-state index contributed by atoms with van der Waals surface area (Å²) in [4.78, 5) is 125. The van der Waals surface area contributed by atoms with Crippen LogP contribution >= 0.6 is 11.8 Å². The van der Waals surface area contributed by atoms with E-state index in [1.807, 2.05) is 0 Å². The lowest BCUT2D eigenvalue weighted by Crippen LogP contribution is -2.46. The summed E-state index contributed by atoms with van der Waals surface area (Å²) in [7, 11) is 1.38. The highest BCUT2D eigenvalue weighted by Gasteiger charge is 2.53. The summed E-state index contributed by atoms with van der Waals surface area (Å²) in [5, 5.41) is 40.8. The molecule has 1 aromatic heterocycles. The summed E-state index contributed by atoms with van der Waals surface area (Å²) in [5.41, 5.74) is 5.89. The number of rotatable bonds is 14. The number of fused-ring (bicyclic) bond motifs is 14. The van der Waals surface area contributed by atoms with Crippen LogP contribution in [0.1, 0.15) is 123 Å². The highest BCUT2D eigenvalue weighted by molar-refractivity contribution is 8.04. The van der Waals surface area contributed by atoms with E-state index in [-0.39, 0.29) is 77.6 Å². The van der Waals surface area contributed by atoms with Crippen LogP contribution in [0.25, 0.3) is 10.4 Å². The van der Waals surface area contributed by atoms with Gasteiger partial charge in [0.15, 0.2) is 0 Å². The number of Topliss-reactive ketones (excluding diaryl/α,β-unsaturated/α-hetero) is 3. The van der Waals surface area contributed by atoms with Crippen LogP contribution in [0, 0.1) is 37.5 Å². The molecule has 80 heavy (non-hydrogen) atoms. The number of benzene rings is 1. The number of azide groups is 1. The van der Waals surface area contributed by atoms with Crippen LogP contribution in [-0.2, 0) is 47.6 Å². The van der Waals surface area contributed by atoms with Gasteiger partial charge < -0.3 is 53.8 Å². The molecule has 12 atom stereocenters. The summed E-state index contributed by atoms with van der Waals surface area (Å²) in [6, 6.07) is -0.824. The standard InChI is InChI=1S/C54H66N6O19S/c1-24-13-11-14-25(2)51(70)56-41-45(67)39-38(40-48(30(7)44(39)66)79-54(9,50(40)69)76-18-17-33(73-10)27(4)47(77-31(8)61)29(6)43(65)28(5)42(24)64)46(68)49(41)80-20-19-74-36(62)15-12-16-37(63)75-23-34-32(58-59-55)21-35(78-34)60-22-26(3)52(71)57-53(60)72/h11,13-14,17-18,22,24,27-29,32-35,42-43,47,64-66H,12,15-16,19-21,23H2,1-10H3,(H,56,70)(H,57,71,72)/b13-11+,18-17+,25-14-/t24-,27+,28+,29+,32+,33-,34-,35-,42-,43+,47+,54-/m0/s1. The Balaban J connectivity index is 1.20. The Morgan fingerprint density at radius 3 is 2.29 bits per heavy atom. The summed E-state index contributed by atoms with van der Waals surface area (Å²) in [6.07, 6.45) is 1.78. The van der Waals surface area contributed by atoms with E-state index in [0.29, 0.717) is 11.8 Å². The van der Waals surface area contributed by atoms with Crippen molar-refractivity contribution in [1.82, 2.24) is 14.9 Å². The average molecular weight is 1140 g/mol. The number of methoxy groups -OCH3 is 1. The number of H-pyrrole nitrogens is 1. The first kappa shape index (κ1) is 61.9. The van der Waals surface area contributed by atoms with Crippen LogP contribution in [0.15, 0.2) is 67.6 Å². The second-order valence-corrected chi connectivity index (χ2v) is 21.3. The number of amides is 1. The third-order valence-electron chi connectivity index (χ3n) is 14.5. The van der Waals surface area contributed by atoms with Crippen molar-refractivity contribution < 1.29 is 82.0 Å². The zero-order chi connectivity index (χ0) is 59.1. The summed E-state index contributed by atoms with van der Waals surface area (Å²) in [6.45, 7) is 12.7. The lowest BCUT2D eigenvalue weighted by Gasteiger charge is -2.38. The number of aliphatic hydroxyl groups is 2. The number of carbonyl (C=O) groups excluding carboxylic acids is 7. The fourth-order valence-electron chi connectivity index (χ4n) is 9.82. The SMILES string of the molecule is CO[C@H]1/C=C/O[C@@]2(C)Oc3c(C)c(O)c4c(c3C2=O)C(=O)C(SCCOC(=O)CCCC(=O)OC[C@@H]2O[C@H](n3cc(C)c(=O)[nH]c3=O)C[C@H]2N=[N+]=[N-])=C(NC(=O)/C(C)=C\C=C\[C@H](C)[C@H](O)[C@@H](C)[C@@H](O)[C@@H](C)[C@H](OC(C)=O)[C@@H]1C)C4=O. The number of hydrogen-bond acceptors (Lipinski definition) is 21. The van der Waals surface area contributed by atoms with Crippen LogP contribution in [0.4, 0.5) is 0 Å². The van der Waals surface area contributed by atoms with E-state index in [9.17, 15) is 58.5 Å². The first-order chi connectivity index (χ1) is 37.8. The third-order valence-corrected chi connectivity index (χ3v) is 15.6. The second-order valence-electron chi connectivity index (χ2n) is 20.2. The number of carbonyl (C=O) groups is 7. The normalized spacial score (nSPS) is 29.6. The molecule has 7 rings (SSSR count). The van der Waals surface area contributed by atoms with Gasteiger partial charge in [-0.25, -0.2) is 4.79 Å². The predicted octanol–water partition coefficient (Wildman–Crippen LogP) is 4.77. The maximum atomic E-state index is 14.8. The first-order valence-electron chi connectivity index (χ1n) is 25.8. The van der Waals surface area contributed by atoms with Gasteiger partial charge in [-0.15, -0.1) is 11.8 Å². The van der Waals surface area contributed by atoms with Gasteiger partial charge in [0.2, 0.25) is 11.6 Å². The molecule has 25 nitrogen and oxygen atoms in total. The van der Waals surface area contributed by atoms with Crippen molar-refractivity contribution in [3.05, 3.63) is 112 Å². The van der Waals surface area contributed by atoms with Crippen LogP contribution in [0.3, 0.4) is 0 Å². The van der Waals surface area contributed by atoms with Crippen LogP contribution < -0.4 is 21.3 Å². The van der Waals surface area contributed by atoms with Gasteiger partial charge >= 0.3 is 29.4 Å². The minimum Gasteiger partial charge on any atom is -0.507 e. The Morgan fingerprint density at radius 1 is 0.938 bits per heavy atom. The number of phenols is 1. The molecule has 2 aromatic rings. The van der Waals surface area contributed by atoms with E-state index in [4.69, 9.17) is 38.7 Å². The lowest BCUT2D eigenvalue weighted by atomic mass is 9.78. The quantitative estimate of drug-likeness (QED) is 0.0424. The molecule has 0 radical (unpaired) electrons. The third kappa shape index (κ3) is 13.4. The van der Waals surface area contributed by atoms with Gasteiger partial charge in [0.05, 0.1) is 52.2 Å². The molecule has 1 aliphatic carbocycles. The molecule has 1 amide bonds.